The molecule has 12 atom stereocenters. The van der Waals surface area contributed by atoms with E-state index in [1.807, 2.05) is 20.8 Å². The molecule has 3 saturated heterocycles. The van der Waals surface area contributed by atoms with Crippen LogP contribution in [0, 0.1) is 11.3 Å². The van der Waals surface area contributed by atoms with Gasteiger partial charge in [0.05, 0.1) is 18.8 Å². The zero-order valence-corrected chi connectivity index (χ0v) is 19.8. The van der Waals surface area contributed by atoms with Gasteiger partial charge < -0.3 is 43.8 Å². The molecule has 0 aromatic carbocycles. The first kappa shape index (κ1) is 23.5. The Bertz CT molecular complexity index is 1130. The Morgan fingerprint density at radius 3 is 2.46 bits per heavy atom. The highest BCUT2D eigenvalue weighted by atomic mass is 16.7. The summed E-state index contributed by atoms with van der Waals surface area (Å²) < 4.78 is 29.1. The van der Waals surface area contributed by atoms with Gasteiger partial charge in [-0.25, -0.2) is 4.79 Å². The lowest BCUT2D eigenvalue weighted by Crippen LogP contribution is -2.63. The number of carbonyl (C=O) groups is 1. The predicted octanol–water partition coefficient (Wildman–Crippen LogP) is -0.779. The smallest absolute Gasteiger partial charge is 0.336 e. The van der Waals surface area contributed by atoms with Crippen molar-refractivity contribution in [3.8, 4) is 0 Å². The van der Waals surface area contributed by atoms with Gasteiger partial charge in [0.15, 0.2) is 6.29 Å². The monoisotopic (exact) mass is 494 g/mol. The molecule has 1 aromatic rings. The van der Waals surface area contributed by atoms with Crippen molar-refractivity contribution in [3.05, 3.63) is 33.4 Å². The zero-order chi connectivity index (χ0) is 25.2. The molecule has 0 bridgehead atoms. The Morgan fingerprint density at radius 2 is 1.77 bits per heavy atom. The summed E-state index contributed by atoms with van der Waals surface area (Å²) >= 11 is 0. The van der Waals surface area contributed by atoms with E-state index < -0.39 is 83.5 Å². The third-order valence-corrected chi connectivity index (χ3v) is 8.80. The number of fused-ring (bicyclic) bond motifs is 4. The molecule has 11 nitrogen and oxygen atoms in total. The Balaban J connectivity index is 1.55. The molecule has 0 spiro atoms. The van der Waals surface area contributed by atoms with E-state index in [0.717, 1.165) is 0 Å². The lowest BCUT2D eigenvalue weighted by atomic mass is 9.48. The number of hydrogen-bond acceptors (Lipinski definition) is 11. The molecule has 192 valence electrons. The maximum absolute atomic E-state index is 13.3. The average molecular weight is 494 g/mol. The van der Waals surface area contributed by atoms with Gasteiger partial charge in [0.25, 0.3) is 0 Å². The summed E-state index contributed by atoms with van der Waals surface area (Å²) in [5.41, 5.74) is -1.67. The number of aliphatic hydroxyl groups is 4. The minimum absolute atomic E-state index is 0.248. The largest absolute Gasteiger partial charge is 0.458 e. The fourth-order valence-electron chi connectivity index (χ4n) is 7.02. The number of aliphatic hydroxyl groups excluding tert-OH is 4. The van der Waals surface area contributed by atoms with Crippen LogP contribution in [-0.2, 0) is 29.2 Å². The van der Waals surface area contributed by atoms with Gasteiger partial charge in [0.2, 0.25) is 0 Å². The second-order valence-electron chi connectivity index (χ2n) is 11.1. The molecule has 4 heterocycles. The number of carbonyl (C=O) groups excluding carboxylic acids is 1. The summed E-state index contributed by atoms with van der Waals surface area (Å²) in [6.07, 6.45) is -9.82. The molecule has 1 aromatic heterocycles. The van der Waals surface area contributed by atoms with E-state index in [1.165, 1.54) is 6.07 Å². The number of ether oxygens (including phenoxy) is 4. The van der Waals surface area contributed by atoms with E-state index >= 15 is 0 Å². The van der Waals surface area contributed by atoms with Gasteiger partial charge in [0, 0.05) is 28.9 Å². The normalized spacial score (nSPS) is 49.8. The number of epoxide rings is 1. The Hall–Kier alpha value is -1.86. The molecule has 6 rings (SSSR count). The summed E-state index contributed by atoms with van der Waals surface area (Å²) in [5, 5.41) is 41.7. The number of rotatable bonds is 3. The standard InChI is InChI=1S/C24H30O11/c1-7(2)14-11-8(5-10(26)32-14)23(3)18-16(15(11)34-21-13(28)12(27)9(25)6-31-21)35-22(30)24(18,4)19(29)17-20(23)33-17/h5,7,9,12-13,15-21,25,27-29H,6H2,1-4H3/t9-,12+,13-,15-,16-,17-,18-,19+,20-,21+,23-,24-/m1/s1. The average Bonchev–Trinajstić information content (AvgIpc) is 3.56. The molecule has 5 aliphatic rings. The van der Waals surface area contributed by atoms with Gasteiger partial charge >= 0.3 is 11.6 Å². The first-order valence-corrected chi connectivity index (χ1v) is 12.0. The third-order valence-electron chi connectivity index (χ3n) is 8.80. The molecule has 11 heteroatoms. The lowest BCUT2D eigenvalue weighted by Gasteiger charge is -2.53. The predicted molar refractivity (Wildman–Crippen MR) is 114 cm³/mol. The van der Waals surface area contributed by atoms with Crippen LogP contribution in [-0.4, -0.2) is 82.0 Å². The van der Waals surface area contributed by atoms with E-state index in [9.17, 15) is 30.0 Å². The van der Waals surface area contributed by atoms with Gasteiger partial charge in [0.1, 0.15) is 47.8 Å². The van der Waals surface area contributed by atoms with Gasteiger partial charge in [-0.1, -0.05) is 20.8 Å². The minimum atomic E-state index is -1.58. The Labute approximate surface area is 200 Å². The first-order chi connectivity index (χ1) is 16.4. The van der Waals surface area contributed by atoms with Crippen molar-refractivity contribution in [3.63, 3.8) is 0 Å². The van der Waals surface area contributed by atoms with Crippen molar-refractivity contribution in [1.82, 2.24) is 0 Å². The van der Waals surface area contributed by atoms with E-state index in [0.29, 0.717) is 16.9 Å². The molecule has 2 aliphatic carbocycles. The van der Waals surface area contributed by atoms with Crippen molar-refractivity contribution in [2.24, 2.45) is 11.3 Å². The highest BCUT2D eigenvalue weighted by Crippen LogP contribution is 2.68. The molecule has 4 fully saturated rings. The summed E-state index contributed by atoms with van der Waals surface area (Å²) in [6.45, 7) is 6.97. The SMILES string of the molecule is CC(C)c1oc(=O)cc2c1[C@@H](O[C@@H]1OC[C@@H](O)[C@H](O)[C@H]1O)[C@H]1OC(=O)[C@@]3(C)[C@@H](O)[C@H]4O[C@H]4[C@@]2(C)[C@@H]13. The molecule has 3 aliphatic heterocycles. The molecule has 0 amide bonds. The van der Waals surface area contributed by atoms with Crippen LogP contribution in [0.25, 0.3) is 0 Å². The van der Waals surface area contributed by atoms with Crippen molar-refractivity contribution >= 4 is 5.97 Å². The van der Waals surface area contributed by atoms with Crippen LogP contribution in [0.15, 0.2) is 15.3 Å². The molecule has 4 N–H and O–H groups in total. The fourth-order valence-corrected chi connectivity index (χ4v) is 7.02. The molecule has 0 radical (unpaired) electrons. The van der Waals surface area contributed by atoms with Gasteiger partial charge in [-0.15, -0.1) is 0 Å². The lowest BCUT2D eigenvalue weighted by molar-refractivity contribution is -0.295. The van der Waals surface area contributed by atoms with E-state index in [1.54, 1.807) is 6.92 Å². The van der Waals surface area contributed by atoms with Gasteiger partial charge in [-0.05, 0) is 12.5 Å². The Morgan fingerprint density at radius 1 is 1.06 bits per heavy atom. The molecule has 0 unspecified atom stereocenters. The van der Waals surface area contributed by atoms with Crippen LogP contribution in [0.2, 0.25) is 0 Å². The number of esters is 1. The zero-order valence-electron chi connectivity index (χ0n) is 19.8. The van der Waals surface area contributed by atoms with Crippen molar-refractivity contribution in [2.45, 2.75) is 94.1 Å². The van der Waals surface area contributed by atoms with Crippen LogP contribution in [0.5, 0.6) is 0 Å². The molecular formula is C24H30O11. The molecular weight excluding hydrogens is 464 g/mol. The van der Waals surface area contributed by atoms with Crippen LogP contribution in [0.3, 0.4) is 0 Å². The number of hydrogen-bond donors (Lipinski definition) is 4. The van der Waals surface area contributed by atoms with Crippen molar-refractivity contribution in [2.75, 3.05) is 6.61 Å². The maximum Gasteiger partial charge on any atom is 0.336 e. The van der Waals surface area contributed by atoms with Crippen LogP contribution >= 0.6 is 0 Å². The first-order valence-electron chi connectivity index (χ1n) is 12.0. The van der Waals surface area contributed by atoms with E-state index in [2.05, 4.69) is 0 Å². The highest BCUT2D eigenvalue weighted by molar-refractivity contribution is 5.82. The summed E-state index contributed by atoms with van der Waals surface area (Å²) in [6, 6.07) is 1.38. The van der Waals surface area contributed by atoms with E-state index in [4.69, 9.17) is 23.4 Å². The summed E-state index contributed by atoms with van der Waals surface area (Å²) in [4.78, 5) is 26.0. The summed E-state index contributed by atoms with van der Waals surface area (Å²) in [5.74, 6) is -1.14. The highest BCUT2D eigenvalue weighted by Gasteiger charge is 2.80. The second-order valence-corrected chi connectivity index (χ2v) is 11.1. The van der Waals surface area contributed by atoms with Gasteiger partial charge in [-0.2, -0.15) is 0 Å². The quantitative estimate of drug-likeness (QED) is 0.307. The fraction of sp³-hybridized carbons (Fsp3) is 0.750. The second kappa shape index (κ2) is 7.34. The topological polar surface area (TPSA) is 168 Å². The van der Waals surface area contributed by atoms with Gasteiger partial charge in [-0.3, -0.25) is 4.79 Å². The van der Waals surface area contributed by atoms with Crippen molar-refractivity contribution < 1.29 is 48.6 Å². The van der Waals surface area contributed by atoms with Crippen molar-refractivity contribution in [1.29, 1.82) is 0 Å². The summed E-state index contributed by atoms with van der Waals surface area (Å²) in [7, 11) is 0. The molecule has 1 saturated carbocycles. The van der Waals surface area contributed by atoms with Crippen LogP contribution < -0.4 is 5.63 Å². The molecule has 35 heavy (non-hydrogen) atoms. The van der Waals surface area contributed by atoms with Crippen LogP contribution in [0.4, 0.5) is 0 Å². The Kier molecular flexibility index (Phi) is 4.94. The minimum Gasteiger partial charge on any atom is -0.458 e. The maximum atomic E-state index is 13.3. The third kappa shape index (κ3) is 2.85. The van der Waals surface area contributed by atoms with E-state index in [-0.39, 0.29) is 12.5 Å². The van der Waals surface area contributed by atoms with Crippen LogP contribution in [0.1, 0.15) is 56.6 Å².